The molecule has 3 nitrogen and oxygen atoms in total. The number of rotatable bonds is 5. The zero-order valence-corrected chi connectivity index (χ0v) is 14.4. The molecule has 0 aliphatic rings. The van der Waals surface area contributed by atoms with Gasteiger partial charge in [0.15, 0.2) is 5.82 Å². The van der Waals surface area contributed by atoms with Crippen molar-refractivity contribution in [2.24, 2.45) is 0 Å². The van der Waals surface area contributed by atoms with E-state index >= 15 is 0 Å². The van der Waals surface area contributed by atoms with Gasteiger partial charge in [0.25, 0.3) is 0 Å². The molecule has 0 atom stereocenters. The lowest BCUT2D eigenvalue weighted by atomic mass is 10.0. The van der Waals surface area contributed by atoms with E-state index in [-0.39, 0.29) is 0 Å². The lowest BCUT2D eigenvalue weighted by Gasteiger charge is -2.03. The number of nitrogens with one attached hydrogen (secondary N) is 1. The first kappa shape index (κ1) is 15.7. The third kappa shape index (κ3) is 3.80. The van der Waals surface area contributed by atoms with E-state index in [1.54, 1.807) is 11.8 Å². The molecule has 0 radical (unpaired) electrons. The first-order valence-corrected chi connectivity index (χ1v) is 9.12. The van der Waals surface area contributed by atoms with E-state index in [9.17, 15) is 0 Å². The Morgan fingerprint density at radius 1 is 0.680 bits per heavy atom. The third-order valence-electron chi connectivity index (χ3n) is 3.94. The number of benzene rings is 3. The summed E-state index contributed by atoms with van der Waals surface area (Å²) in [5.41, 5.74) is 4.78. The van der Waals surface area contributed by atoms with E-state index in [2.05, 4.69) is 63.7 Å². The van der Waals surface area contributed by atoms with Gasteiger partial charge in [-0.25, -0.2) is 4.98 Å². The third-order valence-corrected chi connectivity index (χ3v) is 4.86. The monoisotopic (exact) mass is 343 g/mol. The highest BCUT2D eigenvalue weighted by Crippen LogP contribution is 2.24. The minimum absolute atomic E-state index is 0.769. The van der Waals surface area contributed by atoms with Crippen LogP contribution in [0.25, 0.3) is 22.5 Å². The SMILES string of the molecule is c1ccc(-c2ccc(CSc3n[nH]c(-c4ccccc4)n3)cc2)cc1. The zero-order chi connectivity index (χ0) is 16.9. The van der Waals surface area contributed by atoms with Crippen LogP contribution >= 0.6 is 11.8 Å². The fraction of sp³-hybridized carbons (Fsp3) is 0.0476. The molecule has 0 amide bonds. The smallest absolute Gasteiger partial charge is 0.209 e. The molecule has 4 aromatic rings. The van der Waals surface area contributed by atoms with E-state index in [0.717, 1.165) is 22.3 Å². The summed E-state index contributed by atoms with van der Waals surface area (Å²) in [4.78, 5) is 4.56. The highest BCUT2D eigenvalue weighted by Gasteiger charge is 2.06. The summed E-state index contributed by atoms with van der Waals surface area (Å²) in [5.74, 6) is 1.66. The van der Waals surface area contributed by atoms with Crippen molar-refractivity contribution in [2.75, 3.05) is 0 Å². The van der Waals surface area contributed by atoms with Crippen LogP contribution in [0.3, 0.4) is 0 Å². The van der Waals surface area contributed by atoms with Gasteiger partial charge in [-0.3, -0.25) is 5.10 Å². The molecule has 1 heterocycles. The number of hydrogen-bond donors (Lipinski definition) is 1. The lowest BCUT2D eigenvalue weighted by Crippen LogP contribution is -1.83. The van der Waals surface area contributed by atoms with Crippen molar-refractivity contribution >= 4 is 11.8 Å². The fourth-order valence-electron chi connectivity index (χ4n) is 2.61. The van der Waals surface area contributed by atoms with E-state index < -0.39 is 0 Å². The van der Waals surface area contributed by atoms with Crippen molar-refractivity contribution in [3.63, 3.8) is 0 Å². The van der Waals surface area contributed by atoms with Crippen LogP contribution in [0.2, 0.25) is 0 Å². The van der Waals surface area contributed by atoms with E-state index in [0.29, 0.717) is 0 Å². The zero-order valence-electron chi connectivity index (χ0n) is 13.6. The molecule has 0 spiro atoms. The van der Waals surface area contributed by atoms with Gasteiger partial charge in [0.05, 0.1) is 0 Å². The van der Waals surface area contributed by atoms with Gasteiger partial charge in [0.2, 0.25) is 5.16 Å². The van der Waals surface area contributed by atoms with Crippen LogP contribution in [-0.4, -0.2) is 15.2 Å². The minimum atomic E-state index is 0.769. The van der Waals surface area contributed by atoms with Gasteiger partial charge in [-0.2, -0.15) is 0 Å². The summed E-state index contributed by atoms with van der Waals surface area (Å²) in [5, 5.41) is 8.08. The Bertz CT molecular complexity index is 932. The molecule has 0 bridgehead atoms. The van der Waals surface area contributed by atoms with Gasteiger partial charge in [-0.1, -0.05) is 96.7 Å². The highest BCUT2D eigenvalue weighted by atomic mass is 32.2. The first-order valence-electron chi connectivity index (χ1n) is 8.13. The van der Waals surface area contributed by atoms with Crippen molar-refractivity contribution in [1.82, 2.24) is 15.2 Å². The molecular formula is C21H17N3S. The molecule has 0 aliphatic carbocycles. The normalized spacial score (nSPS) is 10.7. The standard InChI is InChI=1S/C21H17N3S/c1-3-7-17(8-4-1)18-13-11-16(12-14-18)15-25-21-22-20(23-24-21)19-9-5-2-6-10-19/h1-14H,15H2,(H,22,23,24). The predicted octanol–water partition coefficient (Wildman–Crippen LogP) is 5.43. The van der Waals surface area contributed by atoms with E-state index in [1.807, 2.05) is 36.4 Å². The van der Waals surface area contributed by atoms with Crippen molar-refractivity contribution in [1.29, 1.82) is 0 Å². The first-order chi connectivity index (χ1) is 12.4. The molecule has 0 saturated carbocycles. The molecular weight excluding hydrogens is 326 g/mol. The van der Waals surface area contributed by atoms with Gasteiger partial charge in [-0.05, 0) is 16.7 Å². The average molecular weight is 343 g/mol. The summed E-state index contributed by atoms with van der Waals surface area (Å²) in [7, 11) is 0. The molecule has 4 rings (SSSR count). The second kappa shape index (κ2) is 7.36. The van der Waals surface area contributed by atoms with Gasteiger partial charge in [-0.15, -0.1) is 5.10 Å². The highest BCUT2D eigenvalue weighted by molar-refractivity contribution is 7.98. The van der Waals surface area contributed by atoms with Gasteiger partial charge >= 0.3 is 0 Å². The molecule has 1 aromatic heterocycles. The van der Waals surface area contributed by atoms with Crippen LogP contribution in [0, 0.1) is 0 Å². The van der Waals surface area contributed by atoms with Crippen LogP contribution in [0.5, 0.6) is 0 Å². The number of nitrogens with zero attached hydrogens (tertiary/aromatic N) is 2. The Labute approximate surface area is 151 Å². The molecule has 1 N–H and O–H groups in total. The van der Waals surface area contributed by atoms with Crippen molar-refractivity contribution in [3.05, 3.63) is 90.5 Å². The van der Waals surface area contributed by atoms with Crippen LogP contribution < -0.4 is 0 Å². The predicted molar refractivity (Wildman–Crippen MR) is 103 cm³/mol. The van der Waals surface area contributed by atoms with Gasteiger partial charge < -0.3 is 0 Å². The molecule has 0 unspecified atom stereocenters. The molecule has 0 saturated heterocycles. The Kier molecular flexibility index (Phi) is 4.61. The Morgan fingerprint density at radius 3 is 1.96 bits per heavy atom. The Balaban J connectivity index is 1.41. The van der Waals surface area contributed by atoms with Crippen LogP contribution in [0.15, 0.2) is 90.1 Å². The van der Waals surface area contributed by atoms with Crippen molar-refractivity contribution in [2.45, 2.75) is 10.9 Å². The summed E-state index contributed by atoms with van der Waals surface area (Å²) in [6, 6.07) is 29.1. The quantitative estimate of drug-likeness (QED) is 0.491. The maximum Gasteiger partial charge on any atom is 0.209 e. The van der Waals surface area contributed by atoms with Crippen LogP contribution in [0.1, 0.15) is 5.56 Å². The second-order valence-corrected chi connectivity index (χ2v) is 6.63. The lowest BCUT2D eigenvalue weighted by molar-refractivity contribution is 0.973. The number of hydrogen-bond acceptors (Lipinski definition) is 3. The van der Waals surface area contributed by atoms with Crippen LogP contribution in [-0.2, 0) is 5.75 Å². The maximum absolute atomic E-state index is 4.56. The average Bonchev–Trinajstić information content (AvgIpc) is 3.17. The molecule has 122 valence electrons. The minimum Gasteiger partial charge on any atom is -0.258 e. The summed E-state index contributed by atoms with van der Waals surface area (Å²) >= 11 is 1.64. The molecule has 3 aromatic carbocycles. The number of H-pyrrole nitrogens is 1. The summed E-state index contributed by atoms with van der Waals surface area (Å²) in [6.07, 6.45) is 0. The van der Waals surface area contributed by atoms with E-state index in [1.165, 1.54) is 16.7 Å². The summed E-state index contributed by atoms with van der Waals surface area (Å²) < 4.78 is 0. The van der Waals surface area contributed by atoms with Gasteiger partial charge in [0, 0.05) is 11.3 Å². The van der Waals surface area contributed by atoms with Crippen molar-refractivity contribution in [3.8, 4) is 22.5 Å². The second-order valence-electron chi connectivity index (χ2n) is 5.68. The van der Waals surface area contributed by atoms with Gasteiger partial charge in [0.1, 0.15) is 0 Å². The number of aromatic nitrogens is 3. The molecule has 4 heteroatoms. The maximum atomic E-state index is 4.56. The van der Waals surface area contributed by atoms with Crippen LogP contribution in [0.4, 0.5) is 0 Å². The molecule has 25 heavy (non-hydrogen) atoms. The largest absolute Gasteiger partial charge is 0.258 e. The Hall–Kier alpha value is -2.85. The number of aromatic amines is 1. The molecule has 0 fully saturated rings. The van der Waals surface area contributed by atoms with Crippen molar-refractivity contribution < 1.29 is 0 Å². The molecule has 0 aliphatic heterocycles. The summed E-state index contributed by atoms with van der Waals surface area (Å²) in [6.45, 7) is 0. The van der Waals surface area contributed by atoms with E-state index in [4.69, 9.17) is 0 Å². The fourth-order valence-corrected chi connectivity index (χ4v) is 3.36. The topological polar surface area (TPSA) is 41.6 Å². The number of thioether (sulfide) groups is 1. The Morgan fingerprint density at radius 2 is 1.28 bits per heavy atom.